The van der Waals surface area contributed by atoms with Gasteiger partial charge in [-0.15, -0.1) is 13.2 Å². The summed E-state index contributed by atoms with van der Waals surface area (Å²) in [6.45, 7) is 0. The Bertz CT molecular complexity index is 579. The minimum Gasteiger partial charge on any atom is -0.406 e. The molecule has 2 rings (SSSR count). The minimum absolute atomic E-state index is 0.276. The van der Waals surface area contributed by atoms with Crippen LogP contribution in [0.1, 0.15) is 0 Å². The van der Waals surface area contributed by atoms with E-state index in [9.17, 15) is 13.2 Å². The number of nitrogens with zero attached hydrogens (tertiary/aromatic N) is 2. The van der Waals surface area contributed by atoms with Crippen LogP contribution in [0.2, 0.25) is 0 Å². The predicted octanol–water partition coefficient (Wildman–Crippen LogP) is 2.84. The normalized spacial score (nSPS) is 11.8. The Hall–Kier alpha value is -1.70. The molecule has 4 nitrogen and oxygen atoms in total. The van der Waals surface area contributed by atoms with Crippen molar-refractivity contribution in [2.75, 3.05) is 24.7 Å². The van der Waals surface area contributed by atoms with Crippen molar-refractivity contribution in [3.8, 4) is 5.75 Å². The fraction of sp³-hybridized carbons (Fsp3) is 0.300. The number of nitrogen functional groups attached to an aromatic ring is 1. The van der Waals surface area contributed by atoms with Gasteiger partial charge in [-0.05, 0) is 0 Å². The van der Waals surface area contributed by atoms with Gasteiger partial charge in [-0.1, -0.05) is 11.3 Å². The molecule has 98 valence electrons. The van der Waals surface area contributed by atoms with E-state index < -0.39 is 6.36 Å². The Morgan fingerprint density at radius 1 is 1.33 bits per heavy atom. The molecule has 0 spiro atoms. The van der Waals surface area contributed by atoms with Crippen LogP contribution in [0.15, 0.2) is 12.1 Å². The van der Waals surface area contributed by atoms with Crippen LogP contribution in [0, 0.1) is 0 Å². The Morgan fingerprint density at radius 2 is 2.00 bits per heavy atom. The number of hydrogen-bond donors (Lipinski definition) is 1. The number of alkyl halides is 3. The molecule has 0 fully saturated rings. The van der Waals surface area contributed by atoms with Crippen molar-refractivity contribution < 1.29 is 17.9 Å². The lowest BCUT2D eigenvalue weighted by molar-refractivity contribution is -0.274. The molecule has 0 bridgehead atoms. The molecule has 0 amide bonds. The highest BCUT2D eigenvalue weighted by Gasteiger charge is 2.31. The van der Waals surface area contributed by atoms with E-state index in [2.05, 4.69) is 9.72 Å². The van der Waals surface area contributed by atoms with Gasteiger partial charge >= 0.3 is 6.36 Å². The summed E-state index contributed by atoms with van der Waals surface area (Å²) in [4.78, 5) is 5.75. The third-order valence-corrected chi connectivity index (χ3v) is 3.01. The zero-order valence-electron chi connectivity index (χ0n) is 9.58. The molecule has 0 aliphatic carbocycles. The van der Waals surface area contributed by atoms with Gasteiger partial charge in [0.05, 0.1) is 10.4 Å². The van der Waals surface area contributed by atoms with Crippen LogP contribution in [0.4, 0.5) is 24.0 Å². The van der Waals surface area contributed by atoms with Gasteiger partial charge in [0, 0.05) is 26.2 Å². The lowest BCUT2D eigenvalue weighted by Crippen LogP contribution is -2.17. The van der Waals surface area contributed by atoms with Crippen molar-refractivity contribution in [3.05, 3.63) is 12.1 Å². The highest BCUT2D eigenvalue weighted by molar-refractivity contribution is 7.22. The van der Waals surface area contributed by atoms with Gasteiger partial charge in [0.25, 0.3) is 0 Å². The Morgan fingerprint density at radius 3 is 2.56 bits per heavy atom. The molecule has 0 saturated carbocycles. The molecule has 0 aliphatic heterocycles. The van der Waals surface area contributed by atoms with E-state index in [0.29, 0.717) is 21.0 Å². The van der Waals surface area contributed by atoms with E-state index in [1.165, 1.54) is 12.1 Å². The van der Waals surface area contributed by atoms with Crippen molar-refractivity contribution in [2.45, 2.75) is 6.36 Å². The third kappa shape index (κ3) is 2.58. The van der Waals surface area contributed by atoms with Gasteiger partial charge in [0.15, 0.2) is 5.13 Å². The predicted molar refractivity (Wildman–Crippen MR) is 65.0 cm³/mol. The van der Waals surface area contributed by atoms with Gasteiger partial charge < -0.3 is 15.4 Å². The number of thiazole rings is 1. The second kappa shape index (κ2) is 4.20. The molecule has 0 atom stereocenters. The summed E-state index contributed by atoms with van der Waals surface area (Å²) in [5.41, 5.74) is 6.66. The molecule has 8 heteroatoms. The first-order valence-electron chi connectivity index (χ1n) is 4.89. The molecule has 0 unspecified atom stereocenters. The van der Waals surface area contributed by atoms with E-state index in [4.69, 9.17) is 5.73 Å². The summed E-state index contributed by atoms with van der Waals surface area (Å²) in [6.07, 6.45) is -4.71. The van der Waals surface area contributed by atoms with Gasteiger partial charge in [0.2, 0.25) is 0 Å². The fourth-order valence-electron chi connectivity index (χ4n) is 1.54. The molecule has 0 radical (unpaired) electrons. The summed E-state index contributed by atoms with van der Waals surface area (Å²) >= 11 is 1.12. The number of nitrogens with two attached hydrogens (primary N) is 1. The number of ether oxygens (including phenoxy) is 1. The zero-order valence-corrected chi connectivity index (χ0v) is 10.4. The number of anilines is 2. The lowest BCUT2D eigenvalue weighted by Gasteiger charge is -2.15. The van der Waals surface area contributed by atoms with Gasteiger partial charge in [-0.25, -0.2) is 4.98 Å². The van der Waals surface area contributed by atoms with Crippen molar-refractivity contribution in [1.82, 2.24) is 4.98 Å². The first kappa shape index (κ1) is 12.7. The van der Waals surface area contributed by atoms with Crippen LogP contribution >= 0.6 is 11.3 Å². The molecule has 1 heterocycles. The van der Waals surface area contributed by atoms with Crippen molar-refractivity contribution in [3.63, 3.8) is 0 Å². The van der Waals surface area contributed by atoms with Crippen LogP contribution in [-0.4, -0.2) is 25.4 Å². The molecule has 18 heavy (non-hydrogen) atoms. The van der Waals surface area contributed by atoms with Gasteiger partial charge in [-0.2, -0.15) is 0 Å². The summed E-state index contributed by atoms with van der Waals surface area (Å²) in [7, 11) is 3.42. The second-order valence-electron chi connectivity index (χ2n) is 3.78. The molecule has 0 saturated heterocycles. The van der Waals surface area contributed by atoms with E-state index in [0.717, 1.165) is 11.3 Å². The molecule has 1 aromatic heterocycles. The highest BCUT2D eigenvalue weighted by atomic mass is 32.1. The summed E-state index contributed by atoms with van der Waals surface area (Å²) in [6, 6.07) is 2.57. The number of benzene rings is 1. The number of rotatable bonds is 2. The van der Waals surface area contributed by atoms with E-state index in [-0.39, 0.29) is 5.75 Å². The molecule has 2 aromatic rings. The van der Waals surface area contributed by atoms with Crippen LogP contribution in [0.5, 0.6) is 5.75 Å². The summed E-state index contributed by atoms with van der Waals surface area (Å²) in [5, 5.41) is 0.303. The van der Waals surface area contributed by atoms with Crippen molar-refractivity contribution in [2.24, 2.45) is 0 Å². The van der Waals surface area contributed by atoms with Crippen LogP contribution in [0.3, 0.4) is 0 Å². The topological polar surface area (TPSA) is 51.4 Å². The van der Waals surface area contributed by atoms with Crippen LogP contribution in [-0.2, 0) is 0 Å². The first-order valence-corrected chi connectivity index (χ1v) is 5.71. The van der Waals surface area contributed by atoms with Crippen LogP contribution < -0.4 is 15.4 Å². The standard InChI is InChI=1S/C10H10F3N3OS/c1-16(2)6-3-5(17-10(11,12)13)4-7-8(6)15-9(14)18-7/h3-4H,1-2H3,(H2,14,15). The van der Waals surface area contributed by atoms with E-state index in [1.54, 1.807) is 19.0 Å². The SMILES string of the molecule is CN(C)c1cc(OC(F)(F)F)cc2sc(N)nc12. The molecule has 0 aliphatic rings. The number of fused-ring (bicyclic) bond motifs is 1. The van der Waals surface area contributed by atoms with Gasteiger partial charge in [0.1, 0.15) is 11.3 Å². The highest BCUT2D eigenvalue weighted by Crippen LogP contribution is 2.36. The molecular weight excluding hydrogens is 267 g/mol. The Balaban J connectivity index is 2.57. The maximum absolute atomic E-state index is 12.2. The van der Waals surface area contributed by atoms with E-state index in [1.807, 2.05) is 0 Å². The maximum Gasteiger partial charge on any atom is 0.573 e. The first-order chi connectivity index (χ1) is 8.26. The Kier molecular flexibility index (Phi) is 2.97. The number of halogens is 3. The minimum atomic E-state index is -4.71. The molecule has 1 aromatic carbocycles. The monoisotopic (exact) mass is 277 g/mol. The summed E-state index contributed by atoms with van der Waals surface area (Å²) < 4.78 is 41.1. The van der Waals surface area contributed by atoms with Crippen LogP contribution in [0.25, 0.3) is 10.2 Å². The largest absolute Gasteiger partial charge is 0.573 e. The average Bonchev–Trinajstić information content (AvgIpc) is 2.53. The lowest BCUT2D eigenvalue weighted by atomic mass is 10.2. The number of hydrogen-bond acceptors (Lipinski definition) is 5. The molecule has 2 N–H and O–H groups in total. The van der Waals surface area contributed by atoms with Gasteiger partial charge in [-0.3, -0.25) is 0 Å². The molecular formula is C10H10F3N3OS. The average molecular weight is 277 g/mol. The third-order valence-electron chi connectivity index (χ3n) is 2.18. The number of aromatic nitrogens is 1. The fourth-order valence-corrected chi connectivity index (χ4v) is 2.32. The van der Waals surface area contributed by atoms with Crippen molar-refractivity contribution in [1.29, 1.82) is 0 Å². The summed E-state index contributed by atoms with van der Waals surface area (Å²) in [5.74, 6) is -0.276. The maximum atomic E-state index is 12.2. The zero-order chi connectivity index (χ0) is 13.5. The second-order valence-corrected chi connectivity index (χ2v) is 4.85. The quantitative estimate of drug-likeness (QED) is 0.917. The smallest absolute Gasteiger partial charge is 0.406 e. The van der Waals surface area contributed by atoms with E-state index >= 15 is 0 Å². The Labute approximate surface area is 105 Å². The van der Waals surface area contributed by atoms with Crippen molar-refractivity contribution >= 4 is 32.4 Å².